The monoisotopic (exact) mass is 295 g/mol. The molecule has 1 spiro atoms. The van der Waals surface area contributed by atoms with Gasteiger partial charge in [0.15, 0.2) is 0 Å². The number of carbonyl (C=O) groups is 3. The first-order chi connectivity index (χ1) is 9.78. The number of nitrogens with zero attached hydrogens (tertiary/aromatic N) is 2. The van der Waals surface area contributed by atoms with E-state index in [4.69, 9.17) is 0 Å². The quantitative estimate of drug-likeness (QED) is 0.799. The molecule has 1 aliphatic carbocycles. The Labute approximate surface area is 125 Å². The van der Waals surface area contributed by atoms with Crippen molar-refractivity contribution in [1.82, 2.24) is 15.1 Å². The Morgan fingerprint density at radius 3 is 2.19 bits per heavy atom. The minimum Gasteiger partial charge on any atom is -0.336 e. The molecule has 0 aromatic heterocycles. The number of carbonyl (C=O) groups excluding carboxylic acids is 3. The molecule has 6 nitrogen and oxygen atoms in total. The third-order valence-corrected chi connectivity index (χ3v) is 4.40. The van der Waals surface area contributed by atoms with E-state index >= 15 is 0 Å². The van der Waals surface area contributed by atoms with Crippen molar-refractivity contribution in [3.63, 3.8) is 0 Å². The first kappa shape index (κ1) is 15.8. The van der Waals surface area contributed by atoms with Gasteiger partial charge in [0.1, 0.15) is 12.1 Å². The highest BCUT2D eigenvalue weighted by Gasteiger charge is 2.52. The number of imide groups is 1. The summed E-state index contributed by atoms with van der Waals surface area (Å²) in [5.41, 5.74) is -0.738. The van der Waals surface area contributed by atoms with E-state index in [0.29, 0.717) is 12.8 Å². The Bertz CT molecular complexity index is 445. The van der Waals surface area contributed by atoms with Crippen molar-refractivity contribution >= 4 is 17.8 Å². The number of urea groups is 1. The molecular weight excluding hydrogens is 270 g/mol. The summed E-state index contributed by atoms with van der Waals surface area (Å²) >= 11 is 0. The average molecular weight is 295 g/mol. The lowest BCUT2D eigenvalue weighted by atomic mass is 9.98. The molecule has 1 saturated carbocycles. The summed E-state index contributed by atoms with van der Waals surface area (Å²) in [6, 6.07) is -0.347. The third-order valence-electron chi connectivity index (χ3n) is 4.40. The molecule has 2 fully saturated rings. The van der Waals surface area contributed by atoms with Gasteiger partial charge in [-0.25, -0.2) is 4.79 Å². The van der Waals surface area contributed by atoms with Gasteiger partial charge in [0.05, 0.1) is 0 Å². The van der Waals surface area contributed by atoms with Gasteiger partial charge in [-0.2, -0.15) is 0 Å². The molecule has 0 unspecified atom stereocenters. The fraction of sp³-hybridized carbons (Fsp3) is 0.800. The van der Waals surface area contributed by atoms with Crippen molar-refractivity contribution in [2.45, 2.75) is 71.0 Å². The van der Waals surface area contributed by atoms with Gasteiger partial charge in [-0.3, -0.25) is 14.5 Å². The van der Waals surface area contributed by atoms with Gasteiger partial charge in [-0.05, 0) is 40.5 Å². The molecule has 21 heavy (non-hydrogen) atoms. The van der Waals surface area contributed by atoms with Crippen LogP contribution < -0.4 is 5.32 Å². The zero-order valence-corrected chi connectivity index (χ0v) is 13.3. The van der Waals surface area contributed by atoms with Gasteiger partial charge in [0.2, 0.25) is 5.91 Å². The lowest BCUT2D eigenvalue weighted by Crippen LogP contribution is -2.49. The van der Waals surface area contributed by atoms with E-state index in [2.05, 4.69) is 5.32 Å². The Hall–Kier alpha value is -1.59. The van der Waals surface area contributed by atoms with E-state index in [1.54, 1.807) is 4.90 Å². The second kappa shape index (κ2) is 5.66. The molecule has 1 N–H and O–H groups in total. The molecule has 0 radical (unpaired) electrons. The lowest BCUT2D eigenvalue weighted by molar-refractivity contribution is -0.141. The van der Waals surface area contributed by atoms with Crippen molar-refractivity contribution in [3.8, 4) is 0 Å². The first-order valence-electron chi connectivity index (χ1n) is 7.74. The largest absolute Gasteiger partial charge is 0.336 e. The van der Waals surface area contributed by atoms with E-state index < -0.39 is 11.6 Å². The number of hydrogen-bond donors (Lipinski definition) is 1. The summed E-state index contributed by atoms with van der Waals surface area (Å²) in [6.45, 7) is 7.57. The van der Waals surface area contributed by atoms with Gasteiger partial charge in [-0.15, -0.1) is 0 Å². The van der Waals surface area contributed by atoms with Crippen molar-refractivity contribution < 1.29 is 14.4 Å². The standard InChI is InChI=1S/C15H25N3O3/c1-10(2)18(11(3)4)12(19)9-17-13(20)15(16-14(17)21)7-5-6-8-15/h10-11H,5-9H2,1-4H3,(H,16,21). The van der Waals surface area contributed by atoms with Crippen LogP contribution in [0.1, 0.15) is 53.4 Å². The molecular formula is C15H25N3O3. The van der Waals surface area contributed by atoms with Crippen LogP contribution >= 0.6 is 0 Å². The topological polar surface area (TPSA) is 69.7 Å². The number of hydrogen-bond acceptors (Lipinski definition) is 3. The molecule has 118 valence electrons. The molecule has 0 aromatic rings. The predicted molar refractivity (Wildman–Crippen MR) is 78.6 cm³/mol. The normalized spacial score (nSPS) is 20.8. The summed E-state index contributed by atoms with van der Waals surface area (Å²) in [4.78, 5) is 39.8. The number of amides is 4. The molecule has 0 atom stereocenters. The second-order valence-electron chi connectivity index (χ2n) is 6.60. The number of rotatable bonds is 4. The minimum absolute atomic E-state index is 0.0405. The van der Waals surface area contributed by atoms with Crippen molar-refractivity contribution in [2.75, 3.05) is 6.54 Å². The Morgan fingerprint density at radius 1 is 1.19 bits per heavy atom. The summed E-state index contributed by atoms with van der Waals surface area (Å²) < 4.78 is 0. The highest BCUT2D eigenvalue weighted by molar-refractivity contribution is 6.09. The summed E-state index contributed by atoms with van der Waals surface area (Å²) in [6.07, 6.45) is 3.25. The molecule has 4 amide bonds. The van der Waals surface area contributed by atoms with Crippen molar-refractivity contribution in [1.29, 1.82) is 0 Å². The Kier molecular flexibility index (Phi) is 4.25. The van der Waals surface area contributed by atoms with Gasteiger partial charge >= 0.3 is 6.03 Å². The summed E-state index contributed by atoms with van der Waals surface area (Å²) in [7, 11) is 0. The lowest BCUT2D eigenvalue weighted by Gasteiger charge is -2.32. The highest BCUT2D eigenvalue weighted by atomic mass is 16.2. The third kappa shape index (κ3) is 2.76. The van der Waals surface area contributed by atoms with Crippen LogP contribution in [0.15, 0.2) is 0 Å². The van der Waals surface area contributed by atoms with Gasteiger partial charge < -0.3 is 10.2 Å². The van der Waals surface area contributed by atoms with Crippen LogP contribution in [0.3, 0.4) is 0 Å². The fourth-order valence-electron chi connectivity index (χ4n) is 3.53. The molecule has 2 aliphatic rings. The van der Waals surface area contributed by atoms with Crippen molar-refractivity contribution in [3.05, 3.63) is 0 Å². The SMILES string of the molecule is CC(C)N(C(=O)CN1C(=O)NC2(CCCC2)C1=O)C(C)C. The molecule has 6 heteroatoms. The Balaban J connectivity index is 2.10. The molecule has 0 aromatic carbocycles. The van der Waals surface area contributed by atoms with Gasteiger partial charge in [0.25, 0.3) is 5.91 Å². The predicted octanol–water partition coefficient (Wildman–Crippen LogP) is 1.50. The maximum absolute atomic E-state index is 12.5. The molecule has 1 heterocycles. The maximum Gasteiger partial charge on any atom is 0.325 e. The zero-order chi connectivity index (χ0) is 15.8. The van der Waals surface area contributed by atoms with Crippen LogP contribution in [0, 0.1) is 0 Å². The summed E-state index contributed by atoms with van der Waals surface area (Å²) in [5, 5.41) is 2.80. The molecule has 2 rings (SSSR count). The smallest absolute Gasteiger partial charge is 0.325 e. The number of nitrogens with one attached hydrogen (secondary N) is 1. The van der Waals surface area contributed by atoms with E-state index in [1.807, 2.05) is 27.7 Å². The van der Waals surface area contributed by atoms with Gasteiger partial charge in [0, 0.05) is 12.1 Å². The van der Waals surface area contributed by atoms with Crippen LogP contribution in [0.5, 0.6) is 0 Å². The van der Waals surface area contributed by atoms with E-state index in [9.17, 15) is 14.4 Å². The Morgan fingerprint density at radius 2 is 1.71 bits per heavy atom. The van der Waals surface area contributed by atoms with Gasteiger partial charge in [-0.1, -0.05) is 12.8 Å². The molecule has 1 aliphatic heterocycles. The molecule has 1 saturated heterocycles. The zero-order valence-electron chi connectivity index (χ0n) is 13.3. The van der Waals surface area contributed by atoms with Crippen molar-refractivity contribution in [2.24, 2.45) is 0 Å². The second-order valence-corrected chi connectivity index (χ2v) is 6.60. The fourth-order valence-corrected chi connectivity index (χ4v) is 3.53. The van der Waals surface area contributed by atoms with Crippen LogP contribution in [0.25, 0.3) is 0 Å². The van der Waals surface area contributed by atoms with Crippen LogP contribution in [0.2, 0.25) is 0 Å². The average Bonchev–Trinajstić information content (AvgIpc) is 2.90. The van der Waals surface area contributed by atoms with Crippen LogP contribution in [-0.4, -0.2) is 51.8 Å². The molecule has 0 bridgehead atoms. The summed E-state index contributed by atoms with van der Waals surface area (Å²) in [5.74, 6) is -0.413. The van der Waals surface area contributed by atoms with Crippen LogP contribution in [-0.2, 0) is 9.59 Å². The minimum atomic E-state index is -0.738. The van der Waals surface area contributed by atoms with E-state index in [0.717, 1.165) is 17.7 Å². The van der Waals surface area contributed by atoms with E-state index in [1.165, 1.54) is 0 Å². The first-order valence-corrected chi connectivity index (χ1v) is 7.74. The van der Waals surface area contributed by atoms with Crippen LogP contribution in [0.4, 0.5) is 4.79 Å². The highest BCUT2D eigenvalue weighted by Crippen LogP contribution is 2.35. The maximum atomic E-state index is 12.5. The van der Waals surface area contributed by atoms with E-state index in [-0.39, 0.29) is 30.4 Å².